The Morgan fingerprint density at radius 1 is 1.29 bits per heavy atom. The summed E-state index contributed by atoms with van der Waals surface area (Å²) in [5, 5.41) is 12.3. The predicted molar refractivity (Wildman–Crippen MR) is 95.2 cm³/mol. The molecular formula is C18H25N5O. The first kappa shape index (κ1) is 18.0. The SMILES string of the molecule is CCc1ccc(N/C=C(/C#N)C(=O)N2CCN(CCN)CC2)cc1. The lowest BCUT2D eigenvalue weighted by molar-refractivity contribution is -0.128. The van der Waals surface area contributed by atoms with Gasteiger partial charge in [-0.1, -0.05) is 19.1 Å². The van der Waals surface area contributed by atoms with E-state index in [-0.39, 0.29) is 11.5 Å². The number of carbonyl (C=O) groups excluding carboxylic acids is 1. The molecule has 2 rings (SSSR count). The number of carbonyl (C=O) groups is 1. The van der Waals surface area contributed by atoms with Gasteiger partial charge >= 0.3 is 0 Å². The van der Waals surface area contributed by atoms with Gasteiger partial charge in [-0.25, -0.2) is 0 Å². The first-order chi connectivity index (χ1) is 11.7. The summed E-state index contributed by atoms with van der Waals surface area (Å²) in [5.41, 5.74) is 7.79. The number of benzene rings is 1. The highest BCUT2D eigenvalue weighted by molar-refractivity contribution is 5.97. The van der Waals surface area contributed by atoms with Crippen molar-refractivity contribution in [3.63, 3.8) is 0 Å². The highest BCUT2D eigenvalue weighted by Gasteiger charge is 2.23. The molecule has 6 heteroatoms. The Labute approximate surface area is 143 Å². The Morgan fingerprint density at radius 3 is 2.50 bits per heavy atom. The topological polar surface area (TPSA) is 85.4 Å². The van der Waals surface area contributed by atoms with E-state index in [2.05, 4.69) is 17.1 Å². The Bertz CT molecular complexity index is 609. The summed E-state index contributed by atoms with van der Waals surface area (Å²) in [7, 11) is 0. The van der Waals surface area contributed by atoms with Crippen LogP contribution >= 0.6 is 0 Å². The van der Waals surface area contributed by atoms with Crippen molar-refractivity contribution < 1.29 is 4.79 Å². The Hall–Kier alpha value is -2.36. The van der Waals surface area contributed by atoms with Crippen LogP contribution in [-0.2, 0) is 11.2 Å². The molecule has 0 aromatic heterocycles. The summed E-state index contributed by atoms with van der Waals surface area (Å²) in [4.78, 5) is 16.4. The van der Waals surface area contributed by atoms with Gasteiger partial charge < -0.3 is 16.0 Å². The fourth-order valence-electron chi connectivity index (χ4n) is 2.66. The number of rotatable bonds is 6. The van der Waals surface area contributed by atoms with Crippen molar-refractivity contribution in [3.05, 3.63) is 41.6 Å². The van der Waals surface area contributed by atoms with Crippen LogP contribution in [0.25, 0.3) is 0 Å². The van der Waals surface area contributed by atoms with Gasteiger partial charge in [0.25, 0.3) is 5.91 Å². The predicted octanol–water partition coefficient (Wildman–Crippen LogP) is 1.17. The third kappa shape index (κ3) is 4.82. The van der Waals surface area contributed by atoms with Crippen molar-refractivity contribution in [2.24, 2.45) is 5.73 Å². The molecular weight excluding hydrogens is 302 g/mol. The van der Waals surface area contributed by atoms with Crippen LogP contribution in [0.3, 0.4) is 0 Å². The highest BCUT2D eigenvalue weighted by atomic mass is 16.2. The second kappa shape index (κ2) is 9.06. The Balaban J connectivity index is 1.94. The molecule has 1 aromatic carbocycles. The van der Waals surface area contributed by atoms with E-state index >= 15 is 0 Å². The minimum atomic E-state index is -0.220. The van der Waals surface area contributed by atoms with Crippen LogP contribution in [0, 0.1) is 11.3 Å². The second-order valence-electron chi connectivity index (χ2n) is 5.79. The monoisotopic (exact) mass is 327 g/mol. The number of anilines is 1. The van der Waals surface area contributed by atoms with Gasteiger partial charge in [0.05, 0.1) is 0 Å². The number of amides is 1. The highest BCUT2D eigenvalue weighted by Crippen LogP contribution is 2.12. The third-order valence-corrected chi connectivity index (χ3v) is 4.20. The van der Waals surface area contributed by atoms with Crippen molar-refractivity contribution in [1.82, 2.24) is 9.80 Å². The number of nitrogens with one attached hydrogen (secondary N) is 1. The zero-order valence-corrected chi connectivity index (χ0v) is 14.2. The van der Waals surface area contributed by atoms with Gasteiger partial charge in [-0.2, -0.15) is 5.26 Å². The van der Waals surface area contributed by atoms with Crippen LogP contribution in [0.5, 0.6) is 0 Å². The summed E-state index contributed by atoms with van der Waals surface area (Å²) >= 11 is 0. The molecule has 1 aliphatic heterocycles. The first-order valence-corrected chi connectivity index (χ1v) is 8.35. The summed E-state index contributed by atoms with van der Waals surface area (Å²) in [6.07, 6.45) is 2.48. The summed E-state index contributed by atoms with van der Waals surface area (Å²) in [6, 6.07) is 9.95. The van der Waals surface area contributed by atoms with Crippen molar-refractivity contribution in [2.75, 3.05) is 44.6 Å². The minimum Gasteiger partial charge on any atom is -0.360 e. The second-order valence-corrected chi connectivity index (χ2v) is 5.79. The van der Waals surface area contributed by atoms with Crippen LogP contribution in [0.1, 0.15) is 12.5 Å². The average Bonchev–Trinajstić information content (AvgIpc) is 2.63. The summed E-state index contributed by atoms with van der Waals surface area (Å²) in [6.45, 7) is 6.42. The van der Waals surface area contributed by atoms with E-state index in [0.717, 1.165) is 31.7 Å². The molecule has 1 fully saturated rings. The molecule has 3 N–H and O–H groups in total. The molecule has 1 aromatic rings. The lowest BCUT2D eigenvalue weighted by atomic mass is 10.1. The van der Waals surface area contributed by atoms with Crippen LogP contribution in [0.2, 0.25) is 0 Å². The Kier molecular flexibility index (Phi) is 6.79. The lowest BCUT2D eigenvalue weighted by Gasteiger charge is -2.34. The molecule has 0 spiro atoms. The van der Waals surface area contributed by atoms with Gasteiger partial charge in [0.15, 0.2) is 0 Å². The van der Waals surface area contributed by atoms with Crippen LogP contribution in [0.15, 0.2) is 36.0 Å². The van der Waals surface area contributed by atoms with Gasteiger partial charge in [0.2, 0.25) is 0 Å². The van der Waals surface area contributed by atoms with E-state index in [4.69, 9.17) is 5.73 Å². The summed E-state index contributed by atoms with van der Waals surface area (Å²) < 4.78 is 0. The van der Waals surface area contributed by atoms with Crippen molar-refractivity contribution in [3.8, 4) is 6.07 Å². The third-order valence-electron chi connectivity index (χ3n) is 4.20. The number of nitrogens with zero attached hydrogens (tertiary/aromatic N) is 3. The van der Waals surface area contributed by atoms with E-state index in [1.54, 1.807) is 4.90 Å². The number of nitriles is 1. The van der Waals surface area contributed by atoms with Crippen molar-refractivity contribution in [1.29, 1.82) is 5.26 Å². The molecule has 0 atom stereocenters. The largest absolute Gasteiger partial charge is 0.360 e. The molecule has 0 radical (unpaired) electrons. The van der Waals surface area contributed by atoms with E-state index in [9.17, 15) is 10.1 Å². The van der Waals surface area contributed by atoms with E-state index in [1.807, 2.05) is 30.3 Å². The van der Waals surface area contributed by atoms with E-state index in [1.165, 1.54) is 11.8 Å². The maximum absolute atomic E-state index is 12.5. The normalized spacial score (nSPS) is 15.9. The van der Waals surface area contributed by atoms with Crippen LogP contribution < -0.4 is 11.1 Å². The minimum absolute atomic E-state index is 0.127. The lowest BCUT2D eigenvalue weighted by Crippen LogP contribution is -2.50. The van der Waals surface area contributed by atoms with E-state index in [0.29, 0.717) is 19.6 Å². The molecule has 0 unspecified atom stereocenters. The molecule has 0 saturated carbocycles. The zero-order valence-electron chi connectivity index (χ0n) is 14.2. The van der Waals surface area contributed by atoms with Gasteiger partial charge in [-0.15, -0.1) is 0 Å². The fourth-order valence-corrected chi connectivity index (χ4v) is 2.66. The molecule has 1 amide bonds. The molecule has 6 nitrogen and oxygen atoms in total. The maximum atomic E-state index is 12.5. The fraction of sp³-hybridized carbons (Fsp3) is 0.444. The zero-order chi connectivity index (χ0) is 17.4. The van der Waals surface area contributed by atoms with Crippen LogP contribution in [-0.4, -0.2) is 55.0 Å². The number of piperazine rings is 1. The molecule has 1 heterocycles. The number of hydrogen-bond acceptors (Lipinski definition) is 5. The summed E-state index contributed by atoms with van der Waals surface area (Å²) in [5.74, 6) is -0.220. The Morgan fingerprint density at radius 2 is 1.96 bits per heavy atom. The average molecular weight is 327 g/mol. The van der Waals surface area contributed by atoms with Gasteiger partial charge in [-0.3, -0.25) is 9.69 Å². The molecule has 0 aliphatic carbocycles. The number of hydrogen-bond donors (Lipinski definition) is 2. The molecule has 1 saturated heterocycles. The quantitative estimate of drug-likeness (QED) is 0.605. The van der Waals surface area contributed by atoms with Gasteiger partial charge in [-0.05, 0) is 24.1 Å². The number of aryl methyl sites for hydroxylation is 1. The van der Waals surface area contributed by atoms with Crippen molar-refractivity contribution >= 4 is 11.6 Å². The molecule has 1 aliphatic rings. The number of nitrogens with two attached hydrogens (primary N) is 1. The standard InChI is InChI=1S/C18H25N5O/c1-2-15-3-5-17(6-4-15)21-14-16(13-20)18(24)23-11-9-22(8-7-19)10-12-23/h3-6,14,21H,2,7-12,19H2,1H3/b16-14-. The molecule has 128 valence electrons. The smallest absolute Gasteiger partial charge is 0.266 e. The first-order valence-electron chi connectivity index (χ1n) is 8.35. The van der Waals surface area contributed by atoms with Crippen LogP contribution in [0.4, 0.5) is 5.69 Å². The molecule has 24 heavy (non-hydrogen) atoms. The molecule has 0 bridgehead atoms. The maximum Gasteiger partial charge on any atom is 0.266 e. The van der Waals surface area contributed by atoms with Gasteiger partial charge in [0.1, 0.15) is 11.6 Å². The van der Waals surface area contributed by atoms with E-state index < -0.39 is 0 Å². The van der Waals surface area contributed by atoms with Crippen molar-refractivity contribution in [2.45, 2.75) is 13.3 Å². The van der Waals surface area contributed by atoms with Gasteiger partial charge in [0, 0.05) is 51.2 Å².